The number of aromatic nitrogens is 1. The molecule has 1 fully saturated rings. The zero-order valence-corrected chi connectivity index (χ0v) is 9.96. The lowest BCUT2D eigenvalue weighted by atomic mass is 9.96. The van der Waals surface area contributed by atoms with Crippen molar-refractivity contribution in [2.24, 2.45) is 5.92 Å². The molecule has 1 aromatic rings. The summed E-state index contributed by atoms with van der Waals surface area (Å²) in [6.07, 6.45) is 5.67. The fraction of sp³-hybridized carbons (Fsp3) is 0.727. The Morgan fingerprint density at radius 2 is 2.53 bits per heavy atom. The van der Waals surface area contributed by atoms with Crippen LogP contribution in [-0.2, 0) is 6.61 Å². The van der Waals surface area contributed by atoms with Crippen molar-refractivity contribution >= 4 is 16.5 Å². The third-order valence-corrected chi connectivity index (χ3v) is 4.11. The summed E-state index contributed by atoms with van der Waals surface area (Å²) in [5.41, 5.74) is 0. The van der Waals surface area contributed by atoms with E-state index in [4.69, 9.17) is 5.11 Å². The molecule has 15 heavy (non-hydrogen) atoms. The van der Waals surface area contributed by atoms with Crippen LogP contribution in [-0.4, -0.2) is 23.2 Å². The molecule has 0 radical (unpaired) electrons. The number of rotatable bonds is 3. The van der Waals surface area contributed by atoms with E-state index in [2.05, 4.69) is 16.8 Å². The minimum Gasteiger partial charge on any atom is -0.391 e. The molecule has 3 nitrogen and oxygen atoms in total. The van der Waals surface area contributed by atoms with Gasteiger partial charge in [-0.15, -0.1) is 0 Å². The molecule has 1 aromatic heterocycles. The molecule has 1 N–H and O–H groups in total. The van der Waals surface area contributed by atoms with Crippen LogP contribution < -0.4 is 4.90 Å². The number of nitrogens with zero attached hydrogens (tertiary/aromatic N) is 2. The second-order valence-corrected chi connectivity index (χ2v) is 5.22. The van der Waals surface area contributed by atoms with Crippen molar-refractivity contribution in [1.29, 1.82) is 0 Å². The van der Waals surface area contributed by atoms with Crippen LogP contribution in [0.25, 0.3) is 0 Å². The lowest BCUT2D eigenvalue weighted by molar-refractivity contribution is 0.285. The van der Waals surface area contributed by atoms with Gasteiger partial charge >= 0.3 is 0 Å². The standard InChI is InChI=1S/C11H18N2OS/c1-2-9-4-3-5-13(7-9)11-12-6-10(8-14)15-11/h6,9,14H,2-5,7-8H2,1H3. The van der Waals surface area contributed by atoms with Crippen molar-refractivity contribution in [2.75, 3.05) is 18.0 Å². The van der Waals surface area contributed by atoms with Gasteiger partial charge in [0.05, 0.1) is 11.5 Å². The van der Waals surface area contributed by atoms with E-state index in [0.717, 1.165) is 29.0 Å². The molecule has 0 saturated carbocycles. The summed E-state index contributed by atoms with van der Waals surface area (Å²) >= 11 is 1.62. The summed E-state index contributed by atoms with van der Waals surface area (Å²) in [6.45, 7) is 4.63. The second kappa shape index (κ2) is 4.94. The molecule has 84 valence electrons. The molecule has 1 aliphatic heterocycles. The predicted octanol–water partition coefficient (Wildman–Crippen LogP) is 2.26. The Hall–Kier alpha value is -0.610. The third kappa shape index (κ3) is 2.49. The Labute approximate surface area is 94.8 Å². The molecule has 0 bridgehead atoms. The second-order valence-electron chi connectivity index (χ2n) is 4.13. The number of hydrogen-bond donors (Lipinski definition) is 1. The molecule has 1 saturated heterocycles. The first-order chi connectivity index (χ1) is 7.33. The summed E-state index contributed by atoms with van der Waals surface area (Å²) in [6, 6.07) is 0. The van der Waals surface area contributed by atoms with Gasteiger partial charge in [0.15, 0.2) is 5.13 Å². The van der Waals surface area contributed by atoms with Crippen molar-refractivity contribution in [2.45, 2.75) is 32.8 Å². The van der Waals surface area contributed by atoms with E-state index < -0.39 is 0 Å². The van der Waals surface area contributed by atoms with E-state index in [1.54, 1.807) is 17.5 Å². The molecule has 0 amide bonds. The quantitative estimate of drug-likeness (QED) is 0.859. The normalized spacial score (nSPS) is 22.0. The maximum Gasteiger partial charge on any atom is 0.185 e. The number of aliphatic hydroxyl groups excluding tert-OH is 1. The number of piperidine rings is 1. The van der Waals surface area contributed by atoms with Crippen LogP contribution in [0.1, 0.15) is 31.1 Å². The molecule has 1 aliphatic rings. The van der Waals surface area contributed by atoms with Crippen molar-refractivity contribution < 1.29 is 5.11 Å². The lowest BCUT2D eigenvalue weighted by Gasteiger charge is -2.31. The maximum absolute atomic E-state index is 9.00. The highest BCUT2D eigenvalue weighted by Crippen LogP contribution is 2.28. The van der Waals surface area contributed by atoms with E-state index in [1.165, 1.54) is 19.3 Å². The first-order valence-electron chi connectivity index (χ1n) is 5.64. The number of thiazole rings is 1. The Kier molecular flexibility index (Phi) is 3.59. The molecule has 2 rings (SSSR count). The fourth-order valence-electron chi connectivity index (χ4n) is 2.09. The molecular weight excluding hydrogens is 208 g/mol. The average Bonchev–Trinajstić information content (AvgIpc) is 2.78. The zero-order chi connectivity index (χ0) is 10.7. The van der Waals surface area contributed by atoms with E-state index in [-0.39, 0.29) is 6.61 Å². The van der Waals surface area contributed by atoms with Gasteiger partial charge in [-0.25, -0.2) is 4.98 Å². The minimum atomic E-state index is 0.114. The van der Waals surface area contributed by atoms with Gasteiger partial charge in [0, 0.05) is 19.3 Å². The number of hydrogen-bond acceptors (Lipinski definition) is 4. The summed E-state index contributed by atoms with van der Waals surface area (Å²) in [5.74, 6) is 0.820. The van der Waals surface area contributed by atoms with Gasteiger partial charge in [0.1, 0.15) is 0 Å². The SMILES string of the molecule is CCC1CCCN(c2ncc(CO)s2)C1. The minimum absolute atomic E-state index is 0.114. The smallest absolute Gasteiger partial charge is 0.185 e. The molecule has 4 heteroatoms. The number of anilines is 1. The van der Waals surface area contributed by atoms with Crippen LogP contribution >= 0.6 is 11.3 Å². The van der Waals surface area contributed by atoms with E-state index in [0.29, 0.717) is 0 Å². The van der Waals surface area contributed by atoms with E-state index in [1.807, 2.05) is 0 Å². The Morgan fingerprint density at radius 1 is 1.67 bits per heavy atom. The highest BCUT2D eigenvalue weighted by molar-refractivity contribution is 7.15. The highest BCUT2D eigenvalue weighted by atomic mass is 32.1. The lowest BCUT2D eigenvalue weighted by Crippen LogP contribution is -2.34. The van der Waals surface area contributed by atoms with Crippen LogP contribution in [0.15, 0.2) is 6.20 Å². The molecule has 0 spiro atoms. The van der Waals surface area contributed by atoms with Gasteiger partial charge in [-0.1, -0.05) is 24.7 Å². The number of aliphatic hydroxyl groups is 1. The predicted molar refractivity (Wildman–Crippen MR) is 63.3 cm³/mol. The van der Waals surface area contributed by atoms with Crippen molar-refractivity contribution in [3.63, 3.8) is 0 Å². The molecular formula is C11H18N2OS. The van der Waals surface area contributed by atoms with Crippen molar-refractivity contribution in [3.8, 4) is 0 Å². The van der Waals surface area contributed by atoms with Gasteiger partial charge in [0.2, 0.25) is 0 Å². The van der Waals surface area contributed by atoms with Crippen molar-refractivity contribution in [1.82, 2.24) is 4.98 Å². The molecule has 1 unspecified atom stereocenters. The van der Waals surface area contributed by atoms with E-state index in [9.17, 15) is 0 Å². The Bertz CT molecular complexity index is 313. The van der Waals surface area contributed by atoms with Crippen LogP contribution in [0, 0.1) is 5.92 Å². The van der Waals surface area contributed by atoms with Gasteiger partial charge in [-0.05, 0) is 18.8 Å². The summed E-state index contributed by atoms with van der Waals surface area (Å²) in [4.78, 5) is 7.69. The Balaban J connectivity index is 2.03. The third-order valence-electron chi connectivity index (χ3n) is 3.06. The largest absolute Gasteiger partial charge is 0.391 e. The van der Waals surface area contributed by atoms with Gasteiger partial charge in [-0.3, -0.25) is 0 Å². The molecule has 2 heterocycles. The van der Waals surface area contributed by atoms with Gasteiger partial charge in [-0.2, -0.15) is 0 Å². The topological polar surface area (TPSA) is 36.4 Å². The highest BCUT2D eigenvalue weighted by Gasteiger charge is 2.20. The monoisotopic (exact) mass is 226 g/mol. The zero-order valence-electron chi connectivity index (χ0n) is 9.15. The first-order valence-corrected chi connectivity index (χ1v) is 6.45. The van der Waals surface area contributed by atoms with Gasteiger partial charge < -0.3 is 10.0 Å². The first kappa shape index (κ1) is 10.9. The van der Waals surface area contributed by atoms with Crippen LogP contribution in [0.4, 0.5) is 5.13 Å². The Morgan fingerprint density at radius 3 is 3.20 bits per heavy atom. The van der Waals surface area contributed by atoms with Gasteiger partial charge in [0.25, 0.3) is 0 Å². The summed E-state index contributed by atoms with van der Waals surface area (Å²) in [5, 5.41) is 10.1. The van der Waals surface area contributed by atoms with Crippen LogP contribution in [0.3, 0.4) is 0 Å². The van der Waals surface area contributed by atoms with Crippen molar-refractivity contribution in [3.05, 3.63) is 11.1 Å². The van der Waals surface area contributed by atoms with Crippen LogP contribution in [0.2, 0.25) is 0 Å². The fourth-order valence-corrected chi connectivity index (χ4v) is 2.89. The molecule has 1 atom stereocenters. The average molecular weight is 226 g/mol. The molecule has 0 aromatic carbocycles. The van der Waals surface area contributed by atoms with E-state index >= 15 is 0 Å². The maximum atomic E-state index is 9.00. The van der Waals surface area contributed by atoms with Crippen LogP contribution in [0.5, 0.6) is 0 Å². The summed E-state index contributed by atoms with van der Waals surface area (Å²) < 4.78 is 0. The summed E-state index contributed by atoms with van der Waals surface area (Å²) in [7, 11) is 0. The molecule has 0 aliphatic carbocycles.